The number of hydrogen-bond acceptors (Lipinski definition) is 2. The zero-order chi connectivity index (χ0) is 8.81. The van der Waals surface area contributed by atoms with Crippen molar-refractivity contribution in [2.45, 2.75) is 0 Å². The van der Waals surface area contributed by atoms with Gasteiger partial charge in [0.1, 0.15) is 0 Å². The summed E-state index contributed by atoms with van der Waals surface area (Å²) in [7, 11) is 0. The maximum Gasteiger partial charge on any atom is 0.0711 e. The standard InChI is InChI=1S/C10H10N2/c1-3-10(12-4-2)9-6-5-7-11-8-9/h3-8H,1-2H2. The van der Waals surface area contributed by atoms with Crippen molar-refractivity contribution in [3.63, 3.8) is 0 Å². The van der Waals surface area contributed by atoms with Crippen LogP contribution in [0.15, 0.2) is 55.0 Å². The molecule has 12 heavy (non-hydrogen) atoms. The molecular formula is C10H10N2. The van der Waals surface area contributed by atoms with E-state index in [0.29, 0.717) is 0 Å². The van der Waals surface area contributed by atoms with Crippen LogP contribution in [0, 0.1) is 0 Å². The first-order chi connectivity index (χ1) is 5.88. The van der Waals surface area contributed by atoms with Crippen LogP contribution in [0.5, 0.6) is 0 Å². The van der Waals surface area contributed by atoms with Gasteiger partial charge in [0.25, 0.3) is 0 Å². The van der Waals surface area contributed by atoms with Crippen LogP contribution in [0.4, 0.5) is 0 Å². The van der Waals surface area contributed by atoms with Gasteiger partial charge in [0.15, 0.2) is 0 Å². The molecule has 0 saturated heterocycles. The SMILES string of the molecule is C=CN=C(C=C)c1cccnc1. The quantitative estimate of drug-likeness (QED) is 0.619. The van der Waals surface area contributed by atoms with Gasteiger partial charge in [0.2, 0.25) is 0 Å². The number of aromatic nitrogens is 1. The summed E-state index contributed by atoms with van der Waals surface area (Å²) in [5.74, 6) is 0. The lowest BCUT2D eigenvalue weighted by atomic mass is 10.2. The lowest BCUT2D eigenvalue weighted by Gasteiger charge is -1.96. The van der Waals surface area contributed by atoms with Crippen molar-refractivity contribution in [1.82, 2.24) is 4.98 Å². The number of nitrogens with zero attached hydrogens (tertiary/aromatic N) is 2. The first-order valence-electron chi connectivity index (χ1n) is 3.60. The van der Waals surface area contributed by atoms with Gasteiger partial charge in [-0.2, -0.15) is 0 Å². The molecule has 0 aromatic carbocycles. The van der Waals surface area contributed by atoms with Crippen molar-refractivity contribution in [2.75, 3.05) is 0 Å². The zero-order valence-corrected chi connectivity index (χ0v) is 6.77. The average Bonchev–Trinajstić information content (AvgIpc) is 2.15. The van der Waals surface area contributed by atoms with Gasteiger partial charge in [-0.25, -0.2) is 0 Å². The molecule has 1 aromatic heterocycles. The molecule has 0 atom stereocenters. The minimum atomic E-state index is 0.790. The van der Waals surface area contributed by atoms with E-state index >= 15 is 0 Å². The molecule has 60 valence electrons. The van der Waals surface area contributed by atoms with E-state index in [2.05, 4.69) is 23.1 Å². The van der Waals surface area contributed by atoms with Gasteiger partial charge in [0.05, 0.1) is 5.71 Å². The molecule has 1 rings (SSSR count). The van der Waals surface area contributed by atoms with E-state index in [9.17, 15) is 0 Å². The normalized spacial score (nSPS) is 10.8. The second kappa shape index (κ2) is 4.23. The van der Waals surface area contributed by atoms with Gasteiger partial charge >= 0.3 is 0 Å². The minimum Gasteiger partial charge on any atom is -0.264 e. The maximum atomic E-state index is 4.04. The van der Waals surface area contributed by atoms with E-state index in [-0.39, 0.29) is 0 Å². The van der Waals surface area contributed by atoms with Crippen molar-refractivity contribution in [3.05, 3.63) is 55.5 Å². The van der Waals surface area contributed by atoms with Crippen LogP contribution in [-0.4, -0.2) is 10.7 Å². The van der Waals surface area contributed by atoms with Gasteiger partial charge in [0, 0.05) is 24.2 Å². The topological polar surface area (TPSA) is 25.2 Å². The third-order valence-electron chi connectivity index (χ3n) is 1.38. The smallest absolute Gasteiger partial charge is 0.0711 e. The van der Waals surface area contributed by atoms with E-state index < -0.39 is 0 Å². The molecule has 0 bridgehead atoms. The van der Waals surface area contributed by atoms with Crippen LogP contribution in [0.2, 0.25) is 0 Å². The van der Waals surface area contributed by atoms with Crippen molar-refractivity contribution >= 4 is 5.71 Å². The van der Waals surface area contributed by atoms with Crippen molar-refractivity contribution < 1.29 is 0 Å². The van der Waals surface area contributed by atoms with Crippen molar-refractivity contribution in [3.8, 4) is 0 Å². The predicted octanol–water partition coefficient (Wildman–Crippen LogP) is 2.20. The summed E-state index contributed by atoms with van der Waals surface area (Å²) in [6.45, 7) is 7.17. The van der Waals surface area contributed by atoms with E-state index in [1.54, 1.807) is 18.5 Å². The molecule has 0 spiro atoms. The van der Waals surface area contributed by atoms with Gasteiger partial charge < -0.3 is 0 Å². The molecule has 0 amide bonds. The van der Waals surface area contributed by atoms with Gasteiger partial charge in [-0.3, -0.25) is 9.98 Å². The lowest BCUT2D eigenvalue weighted by Crippen LogP contribution is -1.95. The number of rotatable bonds is 3. The fraction of sp³-hybridized carbons (Fsp3) is 0. The van der Waals surface area contributed by atoms with Crippen LogP contribution < -0.4 is 0 Å². The van der Waals surface area contributed by atoms with Crippen molar-refractivity contribution in [1.29, 1.82) is 0 Å². The summed E-state index contributed by atoms with van der Waals surface area (Å²) in [4.78, 5) is 8.01. The molecule has 0 fully saturated rings. The Bertz CT molecular complexity index is 299. The summed E-state index contributed by atoms with van der Waals surface area (Å²) < 4.78 is 0. The molecule has 0 N–H and O–H groups in total. The fourth-order valence-corrected chi connectivity index (χ4v) is 0.858. The second-order valence-electron chi connectivity index (χ2n) is 2.14. The summed E-state index contributed by atoms with van der Waals surface area (Å²) >= 11 is 0. The summed E-state index contributed by atoms with van der Waals surface area (Å²) in [5, 5.41) is 0. The Hall–Kier alpha value is -1.70. The van der Waals surface area contributed by atoms with E-state index in [1.807, 2.05) is 12.1 Å². The van der Waals surface area contributed by atoms with Crippen LogP contribution in [0.25, 0.3) is 0 Å². The Balaban J connectivity index is 3.03. The zero-order valence-electron chi connectivity index (χ0n) is 6.77. The van der Waals surface area contributed by atoms with Gasteiger partial charge in [-0.05, 0) is 18.2 Å². The Morgan fingerprint density at radius 2 is 2.33 bits per heavy atom. The third-order valence-corrected chi connectivity index (χ3v) is 1.38. The number of allylic oxidation sites excluding steroid dienone is 1. The minimum absolute atomic E-state index is 0.790. The molecule has 0 aliphatic carbocycles. The van der Waals surface area contributed by atoms with Crippen LogP contribution in [0.1, 0.15) is 5.56 Å². The number of hydrogen-bond donors (Lipinski definition) is 0. The highest BCUT2D eigenvalue weighted by atomic mass is 14.7. The third kappa shape index (κ3) is 1.89. The Morgan fingerprint density at radius 3 is 2.83 bits per heavy atom. The summed E-state index contributed by atoms with van der Waals surface area (Å²) in [5.41, 5.74) is 1.74. The molecule has 1 aromatic rings. The molecule has 0 saturated carbocycles. The van der Waals surface area contributed by atoms with Crippen LogP contribution in [-0.2, 0) is 0 Å². The largest absolute Gasteiger partial charge is 0.264 e. The number of pyridine rings is 1. The lowest BCUT2D eigenvalue weighted by molar-refractivity contribution is 1.31. The highest BCUT2D eigenvalue weighted by Gasteiger charge is 1.95. The van der Waals surface area contributed by atoms with Gasteiger partial charge in [-0.1, -0.05) is 13.2 Å². The maximum absolute atomic E-state index is 4.04. The summed E-state index contributed by atoms with van der Waals surface area (Å²) in [6.07, 6.45) is 6.63. The molecule has 0 aliphatic heterocycles. The molecule has 0 radical (unpaired) electrons. The van der Waals surface area contributed by atoms with E-state index in [1.165, 1.54) is 6.20 Å². The highest BCUT2D eigenvalue weighted by Crippen LogP contribution is 1.99. The second-order valence-corrected chi connectivity index (χ2v) is 2.14. The first kappa shape index (κ1) is 8.40. The molecule has 2 nitrogen and oxygen atoms in total. The fourth-order valence-electron chi connectivity index (χ4n) is 0.858. The Morgan fingerprint density at radius 1 is 1.50 bits per heavy atom. The van der Waals surface area contributed by atoms with Crippen LogP contribution in [0.3, 0.4) is 0 Å². The molecule has 2 heteroatoms. The number of aliphatic imine (C=N–C) groups is 1. The summed E-state index contributed by atoms with van der Waals surface area (Å²) in [6, 6.07) is 3.79. The Labute approximate surface area is 72.0 Å². The average molecular weight is 158 g/mol. The predicted molar refractivity (Wildman–Crippen MR) is 51.2 cm³/mol. The van der Waals surface area contributed by atoms with E-state index in [0.717, 1.165) is 11.3 Å². The first-order valence-corrected chi connectivity index (χ1v) is 3.60. The van der Waals surface area contributed by atoms with Crippen molar-refractivity contribution in [2.24, 2.45) is 4.99 Å². The molecule has 1 heterocycles. The Kier molecular flexibility index (Phi) is 2.96. The monoisotopic (exact) mass is 158 g/mol. The molecular weight excluding hydrogens is 148 g/mol. The van der Waals surface area contributed by atoms with Gasteiger partial charge in [-0.15, -0.1) is 0 Å². The molecule has 0 aliphatic rings. The van der Waals surface area contributed by atoms with E-state index in [4.69, 9.17) is 0 Å². The van der Waals surface area contributed by atoms with Crippen LogP contribution >= 0.6 is 0 Å². The highest BCUT2D eigenvalue weighted by molar-refractivity contribution is 6.08. The molecule has 0 unspecified atom stereocenters.